The molecule has 0 bridgehead atoms. The second-order valence-corrected chi connectivity index (χ2v) is 6.06. The van der Waals surface area contributed by atoms with Gasteiger partial charge in [-0.05, 0) is 54.7 Å². The third kappa shape index (κ3) is 4.41. The van der Waals surface area contributed by atoms with E-state index in [0.29, 0.717) is 0 Å². The molecule has 0 aliphatic carbocycles. The minimum absolute atomic E-state index is 0.853. The number of ether oxygens (including phenoxy) is 1. The average molecular weight is 262 g/mol. The van der Waals surface area contributed by atoms with Gasteiger partial charge in [0.2, 0.25) is 0 Å². The van der Waals surface area contributed by atoms with Crippen molar-refractivity contribution in [1.29, 1.82) is 0 Å². The number of hydrogen-bond acceptors (Lipinski definition) is 2. The predicted molar refractivity (Wildman–Crippen MR) is 80.7 cm³/mol. The molecule has 1 atom stereocenters. The van der Waals surface area contributed by atoms with E-state index in [1.54, 1.807) is 0 Å². The Morgan fingerprint density at radius 1 is 1.39 bits per heavy atom. The molecule has 1 nitrogen and oxygen atoms in total. The average Bonchev–Trinajstić information content (AvgIpc) is 2.92. The molecule has 1 aliphatic heterocycles. The summed E-state index contributed by atoms with van der Waals surface area (Å²) in [4.78, 5) is 0. The summed E-state index contributed by atoms with van der Waals surface area (Å²) in [5.74, 6) is 3.66. The van der Waals surface area contributed by atoms with Crippen molar-refractivity contribution in [1.82, 2.24) is 0 Å². The quantitative estimate of drug-likeness (QED) is 0.547. The zero-order chi connectivity index (χ0) is 12.6. The van der Waals surface area contributed by atoms with Crippen LogP contribution in [0.25, 0.3) is 5.57 Å². The van der Waals surface area contributed by atoms with E-state index in [1.165, 1.54) is 41.9 Å². The molecule has 0 saturated carbocycles. The molecule has 0 radical (unpaired) electrons. The number of allylic oxidation sites excluding steroid dienone is 1. The van der Waals surface area contributed by atoms with Crippen molar-refractivity contribution in [3.63, 3.8) is 0 Å². The van der Waals surface area contributed by atoms with Gasteiger partial charge in [0, 0.05) is 0 Å². The highest BCUT2D eigenvalue weighted by Crippen LogP contribution is 2.26. The third-order valence-electron chi connectivity index (χ3n) is 3.39. The van der Waals surface area contributed by atoms with Gasteiger partial charge in [0.1, 0.15) is 0 Å². The first-order chi connectivity index (χ1) is 8.86. The van der Waals surface area contributed by atoms with Gasteiger partial charge in [-0.15, -0.1) is 0 Å². The lowest BCUT2D eigenvalue weighted by Crippen LogP contribution is -1.99. The Kier molecular flexibility index (Phi) is 5.66. The van der Waals surface area contributed by atoms with E-state index in [2.05, 4.69) is 43.0 Å². The highest BCUT2D eigenvalue weighted by Gasteiger charge is 2.14. The predicted octanol–water partition coefficient (Wildman–Crippen LogP) is 4.60. The third-order valence-corrected chi connectivity index (χ3v) is 4.62. The Morgan fingerprint density at radius 3 is 2.94 bits per heavy atom. The number of benzene rings is 1. The Hall–Kier alpha value is -0.890. The fourth-order valence-corrected chi connectivity index (χ4v) is 3.55. The molecule has 1 saturated heterocycles. The first-order valence-electron chi connectivity index (χ1n) is 6.78. The van der Waals surface area contributed by atoms with Crippen molar-refractivity contribution >= 4 is 17.3 Å². The molecule has 0 amide bonds. The van der Waals surface area contributed by atoms with Gasteiger partial charge in [0.15, 0.2) is 0 Å². The normalized spacial score (nSPS) is 20.1. The summed E-state index contributed by atoms with van der Waals surface area (Å²) < 4.78 is 5.64. The molecule has 1 unspecified atom stereocenters. The number of rotatable bonds is 6. The van der Waals surface area contributed by atoms with Crippen LogP contribution in [0.5, 0.6) is 0 Å². The molecule has 1 fully saturated rings. The fourth-order valence-electron chi connectivity index (χ4n) is 2.22. The van der Waals surface area contributed by atoms with Gasteiger partial charge in [-0.3, -0.25) is 0 Å². The largest absolute Gasteiger partial charge is 0.501 e. The van der Waals surface area contributed by atoms with Gasteiger partial charge < -0.3 is 4.74 Å². The molecule has 0 aromatic heterocycles. The van der Waals surface area contributed by atoms with E-state index in [4.69, 9.17) is 4.74 Å². The summed E-state index contributed by atoms with van der Waals surface area (Å²) in [7, 11) is 0. The highest BCUT2D eigenvalue weighted by molar-refractivity contribution is 7.99. The van der Waals surface area contributed by atoms with Crippen LogP contribution in [0.3, 0.4) is 0 Å². The lowest BCUT2D eigenvalue weighted by atomic mass is 10.0. The molecule has 1 aromatic carbocycles. The lowest BCUT2D eigenvalue weighted by Gasteiger charge is -2.08. The zero-order valence-electron chi connectivity index (χ0n) is 11.1. The summed E-state index contributed by atoms with van der Waals surface area (Å²) in [5, 5.41) is 0. The summed E-state index contributed by atoms with van der Waals surface area (Å²) in [6.45, 7) is 2.95. The molecule has 1 aromatic rings. The maximum atomic E-state index is 5.64. The van der Waals surface area contributed by atoms with Crippen molar-refractivity contribution in [2.45, 2.75) is 26.2 Å². The number of hydrogen-bond donors (Lipinski definition) is 0. The van der Waals surface area contributed by atoms with Crippen LogP contribution in [0.15, 0.2) is 36.6 Å². The van der Waals surface area contributed by atoms with Crippen molar-refractivity contribution in [3.05, 3.63) is 42.2 Å². The minimum atomic E-state index is 0.853. The Labute approximate surface area is 115 Å². The molecule has 0 N–H and O–H groups in total. The highest BCUT2D eigenvalue weighted by atomic mass is 32.2. The standard InChI is InChI=1S/C16H22OS/c1-14(16-7-3-2-4-8-16)12-17-10-5-6-15-9-11-18-13-15/h2-4,7-8,12,15H,5-6,9-11,13H2,1H3/b14-12-. The molecule has 98 valence electrons. The Balaban J connectivity index is 1.64. The smallest absolute Gasteiger partial charge is 0.0873 e. The van der Waals surface area contributed by atoms with Crippen LogP contribution in [0.2, 0.25) is 0 Å². The second-order valence-electron chi connectivity index (χ2n) is 4.91. The summed E-state index contributed by atoms with van der Waals surface area (Å²) in [5.41, 5.74) is 2.44. The van der Waals surface area contributed by atoms with E-state index in [1.807, 2.05) is 12.3 Å². The van der Waals surface area contributed by atoms with Crippen LogP contribution in [0, 0.1) is 5.92 Å². The molecular formula is C16H22OS. The van der Waals surface area contributed by atoms with Gasteiger partial charge in [-0.2, -0.15) is 11.8 Å². The van der Waals surface area contributed by atoms with E-state index >= 15 is 0 Å². The zero-order valence-corrected chi connectivity index (χ0v) is 11.9. The van der Waals surface area contributed by atoms with Crippen LogP contribution in [0.4, 0.5) is 0 Å². The van der Waals surface area contributed by atoms with Crippen LogP contribution in [0.1, 0.15) is 31.7 Å². The Morgan fingerprint density at radius 2 is 2.22 bits per heavy atom. The van der Waals surface area contributed by atoms with Gasteiger partial charge in [-0.25, -0.2) is 0 Å². The maximum Gasteiger partial charge on any atom is 0.0873 e. The number of thioether (sulfide) groups is 1. The van der Waals surface area contributed by atoms with Crippen molar-refractivity contribution in [2.24, 2.45) is 5.92 Å². The van der Waals surface area contributed by atoms with E-state index in [0.717, 1.165) is 12.5 Å². The lowest BCUT2D eigenvalue weighted by molar-refractivity contribution is 0.236. The first kappa shape index (κ1) is 13.5. The summed E-state index contributed by atoms with van der Waals surface area (Å²) >= 11 is 2.10. The van der Waals surface area contributed by atoms with Crippen LogP contribution >= 0.6 is 11.8 Å². The molecular weight excluding hydrogens is 240 g/mol. The molecule has 18 heavy (non-hydrogen) atoms. The SMILES string of the molecule is C/C(=C/OCCCC1CCSC1)c1ccccc1. The van der Waals surface area contributed by atoms with Gasteiger partial charge >= 0.3 is 0 Å². The topological polar surface area (TPSA) is 9.23 Å². The second kappa shape index (κ2) is 7.52. The van der Waals surface area contributed by atoms with Gasteiger partial charge in [0.05, 0.1) is 12.9 Å². The maximum absolute atomic E-state index is 5.64. The van der Waals surface area contributed by atoms with E-state index < -0.39 is 0 Å². The summed E-state index contributed by atoms with van der Waals surface area (Å²) in [6.07, 6.45) is 5.82. The first-order valence-corrected chi connectivity index (χ1v) is 7.93. The monoisotopic (exact) mass is 262 g/mol. The van der Waals surface area contributed by atoms with E-state index in [9.17, 15) is 0 Å². The van der Waals surface area contributed by atoms with Crippen LogP contribution in [-0.4, -0.2) is 18.1 Å². The van der Waals surface area contributed by atoms with Gasteiger partial charge in [-0.1, -0.05) is 30.3 Å². The van der Waals surface area contributed by atoms with Crippen molar-refractivity contribution in [3.8, 4) is 0 Å². The summed E-state index contributed by atoms with van der Waals surface area (Å²) in [6, 6.07) is 10.4. The molecule has 1 aliphatic rings. The molecule has 2 heteroatoms. The van der Waals surface area contributed by atoms with Crippen LogP contribution < -0.4 is 0 Å². The fraction of sp³-hybridized carbons (Fsp3) is 0.500. The van der Waals surface area contributed by atoms with Crippen molar-refractivity contribution in [2.75, 3.05) is 18.1 Å². The molecule has 0 spiro atoms. The van der Waals surface area contributed by atoms with E-state index in [-0.39, 0.29) is 0 Å². The Bertz CT molecular complexity index is 366. The molecule has 1 heterocycles. The molecule has 2 rings (SSSR count). The minimum Gasteiger partial charge on any atom is -0.501 e. The van der Waals surface area contributed by atoms with Crippen molar-refractivity contribution < 1.29 is 4.74 Å². The van der Waals surface area contributed by atoms with Crippen LogP contribution in [-0.2, 0) is 4.74 Å². The van der Waals surface area contributed by atoms with Gasteiger partial charge in [0.25, 0.3) is 0 Å².